The maximum Gasteiger partial charge on any atom is 1.00 e. The Labute approximate surface area is 179 Å². The molecule has 0 aromatic rings. The quantitative estimate of drug-likeness (QED) is 0.325. The third-order valence-corrected chi connectivity index (χ3v) is 7.04. The number of alkyl halides is 12. The van der Waals surface area contributed by atoms with Crippen LogP contribution >= 0.6 is 0 Å². The van der Waals surface area contributed by atoms with Crippen molar-refractivity contribution in [1.82, 2.24) is 0 Å². The topological polar surface area (TPSA) is 165 Å². The third kappa shape index (κ3) is 9.96. The van der Waals surface area contributed by atoms with Crippen molar-refractivity contribution < 1.29 is 109 Å². The standard InChI is InChI=1S/2C2F6NO4S2.Ag/c2*3-1(4,5)14(10,11)9-15(12,13)2(6,7)8;/q2*-1;+1. The third-order valence-electron chi connectivity index (χ3n) is 1.56. The van der Waals surface area contributed by atoms with E-state index >= 15 is 0 Å². The molecule has 27 heteroatoms. The molecule has 0 aliphatic heterocycles. The van der Waals surface area contributed by atoms with E-state index in [9.17, 15) is 86.4 Å². The Morgan fingerprint density at radius 2 is 0.452 bits per heavy atom. The van der Waals surface area contributed by atoms with Crippen LogP contribution in [0, 0.1) is 0 Å². The summed E-state index contributed by atoms with van der Waals surface area (Å²) in [6.45, 7) is 0. The van der Waals surface area contributed by atoms with Crippen LogP contribution in [-0.4, -0.2) is 55.7 Å². The average Bonchev–Trinajstić information content (AvgIpc) is 2.30. The Bertz CT molecular complexity index is 862. The molecular formula is C4AgF12N2O8S4-. The number of hydrogen-bond acceptors (Lipinski definition) is 8. The molecule has 0 aromatic carbocycles. The zero-order valence-electron chi connectivity index (χ0n) is 12.6. The van der Waals surface area contributed by atoms with Crippen molar-refractivity contribution in [2.45, 2.75) is 22.0 Å². The van der Waals surface area contributed by atoms with Gasteiger partial charge in [0.2, 0.25) is 0 Å². The Morgan fingerprint density at radius 1 is 0.355 bits per heavy atom. The summed E-state index contributed by atoms with van der Waals surface area (Å²) < 4.78 is 218. The van der Waals surface area contributed by atoms with Crippen molar-refractivity contribution in [2.75, 3.05) is 0 Å². The molecule has 0 heterocycles. The van der Waals surface area contributed by atoms with Gasteiger partial charge < -0.3 is 8.25 Å². The predicted molar refractivity (Wildman–Crippen MR) is 66.6 cm³/mol. The van der Waals surface area contributed by atoms with Gasteiger partial charge in [0.1, 0.15) is 0 Å². The van der Waals surface area contributed by atoms with Gasteiger partial charge >= 0.3 is 44.4 Å². The van der Waals surface area contributed by atoms with Gasteiger partial charge in [-0.05, 0) is 0 Å². The van der Waals surface area contributed by atoms with Gasteiger partial charge in [-0.15, -0.1) is 0 Å². The minimum absolute atomic E-state index is 0. The number of hydrogen-bond donors (Lipinski definition) is 0. The zero-order chi connectivity index (χ0) is 25.4. The van der Waals surface area contributed by atoms with Crippen LogP contribution in [0.2, 0.25) is 0 Å². The maximum absolute atomic E-state index is 11.4. The smallest absolute Gasteiger partial charge is 0.421 e. The van der Waals surface area contributed by atoms with Crippen LogP contribution in [0.1, 0.15) is 0 Å². The number of nitrogens with zero attached hydrogens (tertiary/aromatic N) is 2. The maximum atomic E-state index is 11.4. The van der Waals surface area contributed by atoms with Crippen LogP contribution < -0.4 is 0 Å². The minimum atomic E-state index is -6.72. The minimum Gasteiger partial charge on any atom is -0.421 e. The van der Waals surface area contributed by atoms with E-state index in [0.717, 1.165) is 8.25 Å². The molecule has 0 spiro atoms. The fraction of sp³-hybridized carbons (Fsp3) is 1.00. The number of sulfonamides is 4. The molecule has 10 nitrogen and oxygen atoms in total. The first-order valence-electron chi connectivity index (χ1n) is 5.15. The summed E-state index contributed by atoms with van der Waals surface area (Å²) in [7, 11) is -26.9. The fourth-order valence-electron chi connectivity index (χ4n) is 0.427. The number of rotatable bonds is 4. The summed E-state index contributed by atoms with van der Waals surface area (Å²) in [6, 6.07) is 0. The van der Waals surface area contributed by atoms with E-state index in [1.54, 1.807) is 0 Å². The average molecular weight is 668 g/mol. The molecule has 0 amide bonds. The molecule has 0 saturated carbocycles. The van der Waals surface area contributed by atoms with Crippen LogP contribution in [0.5, 0.6) is 0 Å². The van der Waals surface area contributed by atoms with Crippen molar-refractivity contribution in [2.24, 2.45) is 0 Å². The SMILES string of the molecule is O=S(=O)([N-]S(=O)(=O)C(F)(F)F)C(F)(F)F.O=S(=O)([N-]S(=O)(=O)C(F)(F)F)C(F)(F)F.[Ag+]. The molecule has 0 rings (SSSR count). The Hall–Kier alpha value is -0.380. The molecule has 0 radical (unpaired) electrons. The Morgan fingerprint density at radius 3 is 0.516 bits per heavy atom. The van der Waals surface area contributed by atoms with E-state index in [0.29, 0.717) is 0 Å². The molecule has 0 aromatic heterocycles. The van der Waals surface area contributed by atoms with E-state index in [1.165, 1.54) is 0 Å². The summed E-state index contributed by atoms with van der Waals surface area (Å²) >= 11 is 0. The molecule has 0 atom stereocenters. The van der Waals surface area contributed by atoms with Gasteiger partial charge in [0, 0.05) is 0 Å². The molecule has 0 bridgehead atoms. The second-order valence-electron chi connectivity index (χ2n) is 3.83. The molecule has 0 saturated heterocycles. The second-order valence-corrected chi connectivity index (χ2v) is 10.7. The van der Waals surface area contributed by atoms with Crippen LogP contribution in [0.3, 0.4) is 0 Å². The predicted octanol–water partition coefficient (Wildman–Crippen LogP) is 2.12. The first kappa shape index (κ1) is 35.2. The van der Waals surface area contributed by atoms with Crippen molar-refractivity contribution in [3.05, 3.63) is 8.25 Å². The van der Waals surface area contributed by atoms with Gasteiger partial charge in [-0.3, -0.25) is 0 Å². The second kappa shape index (κ2) is 9.85. The summed E-state index contributed by atoms with van der Waals surface area (Å²) in [6.07, 6.45) is 0. The van der Waals surface area contributed by atoms with Crippen molar-refractivity contribution in [3.63, 3.8) is 0 Å². The van der Waals surface area contributed by atoms with E-state index in [4.69, 9.17) is 0 Å². The van der Waals surface area contributed by atoms with Gasteiger partial charge in [-0.1, -0.05) is 0 Å². The van der Waals surface area contributed by atoms with E-state index in [-0.39, 0.29) is 22.4 Å². The largest absolute Gasteiger partial charge is 1.00 e. The first-order chi connectivity index (χ1) is 12.4. The molecule has 0 aliphatic rings. The summed E-state index contributed by atoms with van der Waals surface area (Å²) in [5, 5.41) is 0. The van der Waals surface area contributed by atoms with Crippen LogP contribution in [-0.2, 0) is 62.5 Å². The van der Waals surface area contributed by atoms with E-state index in [2.05, 4.69) is 0 Å². The normalized spacial score (nSPS) is 14.8. The first-order valence-corrected chi connectivity index (χ1v) is 10.9. The van der Waals surface area contributed by atoms with Gasteiger partial charge in [-0.2, -0.15) is 52.7 Å². The summed E-state index contributed by atoms with van der Waals surface area (Å²) in [5.74, 6) is 0. The van der Waals surface area contributed by atoms with Crippen LogP contribution in [0.25, 0.3) is 8.25 Å². The molecule has 0 unspecified atom stereocenters. The molecule has 194 valence electrons. The Kier molecular flexibility index (Phi) is 11.2. The van der Waals surface area contributed by atoms with Gasteiger partial charge in [0.25, 0.3) is 0 Å². The van der Waals surface area contributed by atoms with Crippen molar-refractivity contribution >= 4 is 40.1 Å². The molecule has 0 fully saturated rings. The van der Waals surface area contributed by atoms with Gasteiger partial charge in [-0.25, -0.2) is 33.7 Å². The molecule has 31 heavy (non-hydrogen) atoms. The van der Waals surface area contributed by atoms with Gasteiger partial charge in [0.05, 0.1) is 0 Å². The molecule has 0 N–H and O–H groups in total. The zero-order valence-corrected chi connectivity index (χ0v) is 17.4. The fourth-order valence-corrected chi connectivity index (χ4v) is 3.85. The summed E-state index contributed by atoms with van der Waals surface area (Å²) in [4.78, 5) is 0. The molecular weight excluding hydrogens is 668 g/mol. The summed E-state index contributed by atoms with van der Waals surface area (Å²) in [5.41, 5.74) is -24.8. The van der Waals surface area contributed by atoms with Crippen LogP contribution in [0.15, 0.2) is 0 Å². The van der Waals surface area contributed by atoms with Crippen molar-refractivity contribution in [1.29, 1.82) is 0 Å². The monoisotopic (exact) mass is 667 g/mol. The number of halogens is 12. The van der Waals surface area contributed by atoms with Crippen LogP contribution in [0.4, 0.5) is 52.7 Å². The van der Waals surface area contributed by atoms with E-state index < -0.39 is 62.1 Å². The van der Waals surface area contributed by atoms with Crippen molar-refractivity contribution in [3.8, 4) is 0 Å². The van der Waals surface area contributed by atoms with E-state index in [1.807, 2.05) is 0 Å². The van der Waals surface area contributed by atoms with Gasteiger partial charge in [0.15, 0.2) is 40.1 Å². The molecule has 0 aliphatic carbocycles. The Balaban J connectivity index is -0.000000490.